The molecule has 0 unspecified atom stereocenters. The minimum absolute atomic E-state index is 0.0388. The molecule has 1 aromatic heterocycles. The number of fused-ring (bicyclic) bond motifs is 1. The highest BCUT2D eigenvalue weighted by Gasteiger charge is 2.31. The normalized spacial score (nSPS) is 14.9. The largest absolute Gasteiger partial charge is 0.303 e. The van der Waals surface area contributed by atoms with E-state index in [-0.39, 0.29) is 5.91 Å². The maximum Gasteiger partial charge on any atom is 0.259 e. The lowest BCUT2D eigenvalue weighted by atomic mass is 10.0. The monoisotopic (exact) mass is 312 g/mol. The predicted molar refractivity (Wildman–Crippen MR) is 96.2 cm³/mol. The van der Waals surface area contributed by atoms with Gasteiger partial charge >= 0.3 is 0 Å². The van der Waals surface area contributed by atoms with Gasteiger partial charge in [0.25, 0.3) is 5.91 Å². The third-order valence-corrected chi connectivity index (χ3v) is 4.16. The molecule has 3 heteroatoms. The summed E-state index contributed by atoms with van der Waals surface area (Å²) in [5.74, 6) is 0.0388. The van der Waals surface area contributed by atoms with Gasteiger partial charge in [-0.1, -0.05) is 48.5 Å². The molecule has 4 rings (SSSR count). The summed E-state index contributed by atoms with van der Waals surface area (Å²) in [5.41, 5.74) is 4.77. The van der Waals surface area contributed by atoms with Gasteiger partial charge in [0, 0.05) is 23.5 Å². The second kappa shape index (κ2) is 6.13. The summed E-state index contributed by atoms with van der Waals surface area (Å²) in [4.78, 5) is 18.9. The highest BCUT2D eigenvalue weighted by Crippen LogP contribution is 2.38. The number of hydrogen-bond donors (Lipinski definition) is 0. The fourth-order valence-corrected chi connectivity index (χ4v) is 3.00. The summed E-state index contributed by atoms with van der Waals surface area (Å²) in [6.45, 7) is 0.574. The Labute approximate surface area is 140 Å². The summed E-state index contributed by atoms with van der Waals surface area (Å²) < 4.78 is 0. The number of nitrogens with zero attached hydrogens (tertiary/aromatic N) is 2. The van der Waals surface area contributed by atoms with E-state index in [9.17, 15) is 4.79 Å². The third kappa shape index (κ3) is 2.61. The Morgan fingerprint density at radius 2 is 1.58 bits per heavy atom. The smallest absolute Gasteiger partial charge is 0.259 e. The van der Waals surface area contributed by atoms with Crippen LogP contribution < -0.4 is 4.90 Å². The molecule has 0 saturated heterocycles. The van der Waals surface area contributed by atoms with Crippen LogP contribution in [0.25, 0.3) is 11.6 Å². The molecule has 1 aliphatic rings. The Bertz CT molecular complexity index is 901. The van der Waals surface area contributed by atoms with Crippen LogP contribution in [0.5, 0.6) is 0 Å². The van der Waals surface area contributed by atoms with Crippen molar-refractivity contribution in [3.63, 3.8) is 0 Å². The first-order valence-corrected chi connectivity index (χ1v) is 7.90. The van der Waals surface area contributed by atoms with E-state index in [4.69, 9.17) is 0 Å². The first kappa shape index (κ1) is 14.4. The van der Waals surface area contributed by atoms with Crippen LogP contribution in [0.1, 0.15) is 16.7 Å². The Kier molecular flexibility index (Phi) is 3.67. The lowest BCUT2D eigenvalue weighted by Gasteiger charge is -2.17. The van der Waals surface area contributed by atoms with Crippen LogP contribution in [-0.2, 0) is 11.3 Å². The highest BCUT2D eigenvalue weighted by atomic mass is 16.2. The summed E-state index contributed by atoms with van der Waals surface area (Å²) >= 11 is 0. The highest BCUT2D eigenvalue weighted by molar-refractivity contribution is 6.35. The molecule has 0 N–H and O–H groups in total. The van der Waals surface area contributed by atoms with Gasteiger partial charge in [-0.15, -0.1) is 0 Å². The van der Waals surface area contributed by atoms with Crippen molar-refractivity contribution >= 4 is 23.2 Å². The van der Waals surface area contributed by atoms with Crippen LogP contribution in [0.4, 0.5) is 5.69 Å². The standard InChI is InChI=1S/C21H16N2O/c24-21-19(14-16-10-12-22-13-11-16)18-8-4-5-9-20(18)23(21)15-17-6-2-1-3-7-17/h1-14H,15H2/b19-14-. The van der Waals surface area contributed by atoms with Gasteiger partial charge in [-0.2, -0.15) is 0 Å². The van der Waals surface area contributed by atoms with Crippen LogP contribution in [0, 0.1) is 0 Å². The van der Waals surface area contributed by atoms with E-state index in [2.05, 4.69) is 4.98 Å². The molecule has 0 saturated carbocycles. The lowest BCUT2D eigenvalue weighted by Crippen LogP contribution is -2.25. The van der Waals surface area contributed by atoms with E-state index < -0.39 is 0 Å². The molecule has 2 aromatic carbocycles. The molecular formula is C21H16N2O. The zero-order valence-corrected chi connectivity index (χ0v) is 13.1. The van der Waals surface area contributed by atoms with Gasteiger partial charge in [0.05, 0.1) is 12.2 Å². The van der Waals surface area contributed by atoms with Gasteiger partial charge in [-0.25, -0.2) is 0 Å². The number of benzene rings is 2. The molecule has 1 amide bonds. The fraction of sp³-hybridized carbons (Fsp3) is 0.0476. The molecule has 0 aliphatic carbocycles. The maximum atomic E-state index is 13.0. The molecule has 2 heterocycles. The van der Waals surface area contributed by atoms with Crippen LogP contribution in [-0.4, -0.2) is 10.9 Å². The molecule has 3 nitrogen and oxygen atoms in total. The van der Waals surface area contributed by atoms with Crippen molar-refractivity contribution in [2.75, 3.05) is 4.90 Å². The Morgan fingerprint density at radius 1 is 0.875 bits per heavy atom. The molecule has 3 aromatic rings. The van der Waals surface area contributed by atoms with E-state index >= 15 is 0 Å². The molecule has 0 fully saturated rings. The first-order valence-electron chi connectivity index (χ1n) is 7.90. The van der Waals surface area contributed by atoms with Gasteiger partial charge < -0.3 is 4.90 Å². The number of para-hydroxylation sites is 1. The second-order valence-electron chi connectivity index (χ2n) is 5.73. The van der Waals surface area contributed by atoms with Gasteiger partial charge in [0.2, 0.25) is 0 Å². The Hall–Kier alpha value is -3.20. The van der Waals surface area contributed by atoms with Crippen molar-refractivity contribution in [1.82, 2.24) is 4.98 Å². The number of rotatable bonds is 3. The number of anilines is 1. The van der Waals surface area contributed by atoms with E-state index in [0.29, 0.717) is 6.54 Å². The minimum atomic E-state index is 0.0388. The summed E-state index contributed by atoms with van der Waals surface area (Å²) in [7, 11) is 0. The van der Waals surface area contributed by atoms with Crippen molar-refractivity contribution in [3.8, 4) is 0 Å². The zero-order chi connectivity index (χ0) is 16.4. The van der Waals surface area contributed by atoms with Crippen molar-refractivity contribution < 1.29 is 4.79 Å². The number of aromatic nitrogens is 1. The number of carbonyl (C=O) groups excluding carboxylic acids is 1. The van der Waals surface area contributed by atoms with E-state index in [1.165, 1.54) is 0 Å². The minimum Gasteiger partial charge on any atom is -0.303 e. The molecule has 0 atom stereocenters. The van der Waals surface area contributed by atoms with Crippen molar-refractivity contribution in [2.24, 2.45) is 0 Å². The van der Waals surface area contributed by atoms with E-state index in [1.807, 2.05) is 77.7 Å². The summed E-state index contributed by atoms with van der Waals surface area (Å²) in [6.07, 6.45) is 5.41. The Balaban J connectivity index is 1.76. The molecule has 0 radical (unpaired) electrons. The summed E-state index contributed by atoms with van der Waals surface area (Å²) in [5, 5.41) is 0. The zero-order valence-electron chi connectivity index (χ0n) is 13.1. The van der Waals surface area contributed by atoms with Crippen LogP contribution in [0.2, 0.25) is 0 Å². The Morgan fingerprint density at radius 3 is 2.38 bits per heavy atom. The molecule has 24 heavy (non-hydrogen) atoms. The molecule has 116 valence electrons. The molecule has 0 spiro atoms. The van der Waals surface area contributed by atoms with Crippen LogP contribution in [0.3, 0.4) is 0 Å². The van der Waals surface area contributed by atoms with Crippen LogP contribution in [0.15, 0.2) is 79.1 Å². The average molecular weight is 312 g/mol. The van der Waals surface area contributed by atoms with Gasteiger partial charge in [-0.3, -0.25) is 9.78 Å². The quantitative estimate of drug-likeness (QED) is 0.680. The summed E-state index contributed by atoms with van der Waals surface area (Å²) in [6, 6.07) is 21.8. The van der Waals surface area contributed by atoms with Crippen molar-refractivity contribution in [3.05, 3.63) is 95.8 Å². The van der Waals surface area contributed by atoms with Gasteiger partial charge in [-0.05, 0) is 35.4 Å². The fourth-order valence-electron chi connectivity index (χ4n) is 3.00. The van der Waals surface area contributed by atoms with Gasteiger partial charge in [0.15, 0.2) is 0 Å². The first-order chi connectivity index (χ1) is 11.8. The molecule has 0 bridgehead atoms. The number of hydrogen-bond acceptors (Lipinski definition) is 2. The SMILES string of the molecule is O=C1/C(=C\c2ccncc2)c2ccccc2N1Cc1ccccc1. The van der Waals surface area contributed by atoms with Crippen LogP contribution >= 0.6 is 0 Å². The lowest BCUT2D eigenvalue weighted by molar-refractivity contribution is -0.113. The van der Waals surface area contributed by atoms with Crippen molar-refractivity contribution in [1.29, 1.82) is 0 Å². The number of carbonyl (C=O) groups is 1. The van der Waals surface area contributed by atoms with E-state index in [1.54, 1.807) is 12.4 Å². The van der Waals surface area contributed by atoms with E-state index in [0.717, 1.165) is 28.0 Å². The second-order valence-corrected chi connectivity index (χ2v) is 5.73. The topological polar surface area (TPSA) is 33.2 Å². The predicted octanol–water partition coefficient (Wildman–Crippen LogP) is 4.17. The number of amides is 1. The molecular weight excluding hydrogens is 296 g/mol. The molecule has 1 aliphatic heterocycles. The average Bonchev–Trinajstić information content (AvgIpc) is 2.90. The maximum absolute atomic E-state index is 13.0. The van der Waals surface area contributed by atoms with Gasteiger partial charge in [0.1, 0.15) is 0 Å². The third-order valence-electron chi connectivity index (χ3n) is 4.16. The number of pyridine rings is 1. The van der Waals surface area contributed by atoms with Crippen molar-refractivity contribution in [2.45, 2.75) is 6.54 Å².